The number of rotatable bonds is 2. The minimum atomic E-state index is -0.934. The summed E-state index contributed by atoms with van der Waals surface area (Å²) in [4.78, 5) is 0. The monoisotopic (exact) mass is 215 g/mol. The van der Waals surface area contributed by atoms with Gasteiger partial charge < -0.3 is 5.32 Å². The zero-order chi connectivity index (χ0) is 10.3. The Bertz CT molecular complexity index is 158. The van der Waals surface area contributed by atoms with E-state index in [9.17, 15) is 0 Å². The smallest absolute Gasteiger partial charge is 0.0635 e. The van der Waals surface area contributed by atoms with E-state index in [1.165, 1.54) is 12.8 Å². The first-order chi connectivity index (χ1) is 5.71. The van der Waals surface area contributed by atoms with E-state index < -0.39 is 16.1 Å². The molecule has 0 amide bonds. The molecule has 0 saturated carbocycles. The summed E-state index contributed by atoms with van der Waals surface area (Å²) in [6, 6.07) is 0. The third-order valence-electron chi connectivity index (χ3n) is 3.24. The molecule has 78 valence electrons. The van der Waals surface area contributed by atoms with Gasteiger partial charge in [-0.25, -0.2) is 0 Å². The zero-order valence-electron chi connectivity index (χ0n) is 10.1. The van der Waals surface area contributed by atoms with Crippen LogP contribution in [0.4, 0.5) is 0 Å². The Balaban J connectivity index is 2.55. The summed E-state index contributed by atoms with van der Waals surface area (Å²) in [6.45, 7) is 14.9. The number of nitrogens with one attached hydrogen (secondary N) is 1. The van der Waals surface area contributed by atoms with Gasteiger partial charge in [-0.05, 0) is 24.2 Å². The first-order valence-electron chi connectivity index (χ1n) is 5.47. The van der Waals surface area contributed by atoms with Gasteiger partial charge in [0.05, 0.1) is 16.1 Å². The maximum Gasteiger partial charge on any atom is 0.0635 e. The van der Waals surface area contributed by atoms with Crippen LogP contribution in [0.5, 0.6) is 0 Å². The lowest BCUT2D eigenvalue weighted by molar-refractivity contribution is 0.717. The second kappa shape index (κ2) is 3.52. The highest BCUT2D eigenvalue weighted by atomic mass is 28.3. The second-order valence-corrected chi connectivity index (χ2v) is 17.4. The highest BCUT2D eigenvalue weighted by Gasteiger charge is 2.38. The van der Waals surface area contributed by atoms with Gasteiger partial charge in [-0.1, -0.05) is 39.3 Å². The van der Waals surface area contributed by atoms with Crippen LogP contribution >= 0.6 is 0 Å². The lowest BCUT2D eigenvalue weighted by Gasteiger charge is -2.30. The first-order valence-corrected chi connectivity index (χ1v) is 12.6. The SMILES string of the molecule is C[Si](C)(C)[C@@H]1CC[C@@H]([Si](C)(C)C)N1. The van der Waals surface area contributed by atoms with Crippen LogP contribution in [0, 0.1) is 0 Å². The first kappa shape index (κ1) is 11.5. The maximum atomic E-state index is 3.89. The molecule has 0 unspecified atom stereocenters. The Kier molecular flexibility index (Phi) is 3.10. The van der Waals surface area contributed by atoms with E-state index in [1.807, 2.05) is 0 Å². The largest absolute Gasteiger partial charge is 0.316 e. The Morgan fingerprint density at radius 3 is 1.23 bits per heavy atom. The molecular formula is C10H25NSi2. The fraction of sp³-hybridized carbons (Fsp3) is 1.00. The van der Waals surface area contributed by atoms with Crippen molar-refractivity contribution in [3.05, 3.63) is 0 Å². The average molecular weight is 215 g/mol. The fourth-order valence-corrected chi connectivity index (χ4v) is 5.74. The molecule has 1 rings (SSSR count). The van der Waals surface area contributed by atoms with E-state index in [0.717, 1.165) is 11.3 Å². The van der Waals surface area contributed by atoms with Crippen molar-refractivity contribution in [1.82, 2.24) is 5.32 Å². The molecule has 0 aromatic rings. The van der Waals surface area contributed by atoms with E-state index in [2.05, 4.69) is 44.6 Å². The van der Waals surface area contributed by atoms with Crippen molar-refractivity contribution in [2.45, 2.75) is 63.5 Å². The second-order valence-electron chi connectivity index (χ2n) is 6.58. The van der Waals surface area contributed by atoms with E-state index >= 15 is 0 Å². The fourth-order valence-electron chi connectivity index (χ4n) is 2.11. The molecule has 3 heteroatoms. The van der Waals surface area contributed by atoms with Crippen molar-refractivity contribution in [3.63, 3.8) is 0 Å². The lowest BCUT2D eigenvalue weighted by Crippen LogP contribution is -2.53. The molecule has 1 fully saturated rings. The van der Waals surface area contributed by atoms with Crippen molar-refractivity contribution in [2.75, 3.05) is 0 Å². The van der Waals surface area contributed by atoms with Crippen LogP contribution in [-0.2, 0) is 0 Å². The summed E-state index contributed by atoms with van der Waals surface area (Å²) < 4.78 is 0. The third-order valence-corrected chi connectivity index (χ3v) is 8.33. The average Bonchev–Trinajstić information content (AvgIpc) is 2.28. The normalized spacial score (nSPS) is 30.9. The predicted octanol–water partition coefficient (Wildman–Crippen LogP) is 2.86. The Hall–Kier alpha value is 0.394. The minimum absolute atomic E-state index is 0.879. The van der Waals surface area contributed by atoms with Gasteiger partial charge >= 0.3 is 0 Å². The molecule has 1 saturated heterocycles. The van der Waals surface area contributed by atoms with Crippen LogP contribution in [0.1, 0.15) is 12.8 Å². The summed E-state index contributed by atoms with van der Waals surface area (Å²) in [5.74, 6) is 0. The minimum Gasteiger partial charge on any atom is -0.316 e. The highest BCUT2D eigenvalue weighted by molar-refractivity contribution is 6.79. The van der Waals surface area contributed by atoms with Gasteiger partial charge in [0.15, 0.2) is 0 Å². The molecule has 13 heavy (non-hydrogen) atoms. The third kappa shape index (κ3) is 2.93. The molecular weight excluding hydrogens is 190 g/mol. The highest BCUT2D eigenvalue weighted by Crippen LogP contribution is 2.25. The molecule has 1 heterocycles. The lowest BCUT2D eigenvalue weighted by atomic mass is 10.4. The van der Waals surface area contributed by atoms with E-state index in [0.29, 0.717) is 0 Å². The van der Waals surface area contributed by atoms with Crippen molar-refractivity contribution >= 4 is 16.1 Å². The van der Waals surface area contributed by atoms with Gasteiger partial charge in [0, 0.05) is 0 Å². The van der Waals surface area contributed by atoms with Gasteiger partial charge in [-0.15, -0.1) is 0 Å². The van der Waals surface area contributed by atoms with Gasteiger partial charge in [0.2, 0.25) is 0 Å². The van der Waals surface area contributed by atoms with Gasteiger partial charge in [0.25, 0.3) is 0 Å². The maximum absolute atomic E-state index is 3.89. The summed E-state index contributed by atoms with van der Waals surface area (Å²) in [6.07, 6.45) is 2.87. The van der Waals surface area contributed by atoms with Crippen molar-refractivity contribution in [3.8, 4) is 0 Å². The van der Waals surface area contributed by atoms with Crippen molar-refractivity contribution in [1.29, 1.82) is 0 Å². The molecule has 0 aromatic carbocycles. The van der Waals surface area contributed by atoms with Crippen LogP contribution in [0.25, 0.3) is 0 Å². The van der Waals surface area contributed by atoms with E-state index in [-0.39, 0.29) is 0 Å². The quantitative estimate of drug-likeness (QED) is 0.699. The van der Waals surface area contributed by atoms with Gasteiger partial charge in [-0.2, -0.15) is 0 Å². The summed E-state index contributed by atoms with van der Waals surface area (Å²) in [5, 5.41) is 3.89. The molecule has 1 aliphatic heterocycles. The standard InChI is InChI=1S/C10H25NSi2/c1-12(2,3)9-7-8-10(11-9)13(4,5)6/h9-11H,7-8H2,1-6H3/t9-,10-/m1/s1. The van der Waals surface area contributed by atoms with E-state index in [1.54, 1.807) is 0 Å². The topological polar surface area (TPSA) is 12.0 Å². The Morgan fingerprint density at radius 2 is 1.08 bits per heavy atom. The Morgan fingerprint density at radius 1 is 0.769 bits per heavy atom. The van der Waals surface area contributed by atoms with Gasteiger partial charge in [-0.3, -0.25) is 0 Å². The molecule has 0 aliphatic carbocycles. The summed E-state index contributed by atoms with van der Waals surface area (Å²) in [5.41, 5.74) is 1.76. The van der Waals surface area contributed by atoms with Gasteiger partial charge in [0.1, 0.15) is 0 Å². The molecule has 2 atom stereocenters. The number of hydrogen-bond acceptors (Lipinski definition) is 1. The van der Waals surface area contributed by atoms with Crippen LogP contribution < -0.4 is 5.32 Å². The molecule has 0 spiro atoms. The summed E-state index contributed by atoms with van der Waals surface area (Å²) in [7, 11) is -1.87. The molecule has 0 radical (unpaired) electrons. The summed E-state index contributed by atoms with van der Waals surface area (Å²) >= 11 is 0. The van der Waals surface area contributed by atoms with Crippen molar-refractivity contribution < 1.29 is 0 Å². The zero-order valence-corrected chi connectivity index (χ0v) is 12.1. The van der Waals surface area contributed by atoms with Crippen LogP contribution in [0.3, 0.4) is 0 Å². The predicted molar refractivity (Wildman–Crippen MR) is 66.6 cm³/mol. The van der Waals surface area contributed by atoms with Crippen LogP contribution in [-0.4, -0.2) is 27.5 Å². The van der Waals surface area contributed by atoms with Crippen LogP contribution in [0.2, 0.25) is 39.3 Å². The van der Waals surface area contributed by atoms with Crippen molar-refractivity contribution in [2.24, 2.45) is 0 Å². The molecule has 0 aromatic heterocycles. The number of hydrogen-bond donors (Lipinski definition) is 1. The molecule has 1 aliphatic rings. The van der Waals surface area contributed by atoms with E-state index in [4.69, 9.17) is 0 Å². The van der Waals surface area contributed by atoms with Crippen LogP contribution in [0.15, 0.2) is 0 Å². The molecule has 1 N–H and O–H groups in total. The molecule has 1 nitrogen and oxygen atoms in total. The molecule has 0 bridgehead atoms. The Labute approximate surface area is 85.3 Å².